The standard InChI is InChI=1S/C27H35N5O/c28-21-2-1-7-32(16-21)23-5-6-30-15-20(23)11-24(33)26-22(29)3-4-25(31-26)27-12-17-8-18(13-27)10-19(9-17)14-27/h3-6,15,17-19,21H,1-2,7-14,16,28-29H2/t17?,18?,19?,21-,27?/m0/s1. The number of nitrogens with two attached hydrogens (primary N) is 2. The molecule has 0 unspecified atom stereocenters. The Balaban J connectivity index is 1.27. The second kappa shape index (κ2) is 8.08. The molecule has 0 spiro atoms. The Morgan fingerprint density at radius 2 is 1.82 bits per heavy atom. The van der Waals surface area contributed by atoms with Gasteiger partial charge >= 0.3 is 0 Å². The number of Topliss-reactive ketones (excluding diaryl/α,β-unsaturated/α-hetero) is 1. The van der Waals surface area contributed by atoms with Gasteiger partial charge in [0.1, 0.15) is 5.69 Å². The molecule has 4 saturated carbocycles. The van der Waals surface area contributed by atoms with E-state index in [0.717, 1.165) is 60.6 Å². The number of rotatable bonds is 5. The Kier molecular flexibility index (Phi) is 5.17. The largest absolute Gasteiger partial charge is 0.397 e. The van der Waals surface area contributed by atoms with Gasteiger partial charge in [-0.05, 0) is 87.3 Å². The number of anilines is 2. The molecule has 0 radical (unpaired) electrons. The third-order valence-corrected chi connectivity index (χ3v) is 8.80. The van der Waals surface area contributed by atoms with E-state index < -0.39 is 0 Å². The van der Waals surface area contributed by atoms with Gasteiger partial charge in [-0.1, -0.05) is 0 Å². The van der Waals surface area contributed by atoms with E-state index in [1.165, 1.54) is 38.5 Å². The lowest BCUT2D eigenvalue weighted by atomic mass is 9.49. The van der Waals surface area contributed by atoms with E-state index in [9.17, 15) is 4.79 Å². The van der Waals surface area contributed by atoms with Crippen LogP contribution in [0.1, 0.15) is 73.1 Å². The van der Waals surface area contributed by atoms with E-state index in [4.69, 9.17) is 16.5 Å². The Hall–Kier alpha value is -2.47. The van der Waals surface area contributed by atoms with Gasteiger partial charge in [0, 0.05) is 60.3 Å². The van der Waals surface area contributed by atoms with Crippen molar-refractivity contribution >= 4 is 17.2 Å². The van der Waals surface area contributed by atoms with Crippen LogP contribution in [0.3, 0.4) is 0 Å². The lowest BCUT2D eigenvalue weighted by molar-refractivity contribution is -0.00723. The number of nitrogen functional groups attached to an aromatic ring is 1. The summed E-state index contributed by atoms with van der Waals surface area (Å²) in [6.45, 7) is 1.77. The predicted molar refractivity (Wildman–Crippen MR) is 130 cm³/mol. The number of carbonyl (C=O) groups excluding carboxylic acids is 1. The molecule has 33 heavy (non-hydrogen) atoms. The smallest absolute Gasteiger partial charge is 0.187 e. The Labute approximate surface area is 196 Å². The summed E-state index contributed by atoms with van der Waals surface area (Å²) in [6, 6.07) is 6.19. The molecule has 1 saturated heterocycles. The molecule has 6 nitrogen and oxygen atoms in total. The van der Waals surface area contributed by atoms with E-state index in [2.05, 4.69) is 16.0 Å². The average molecular weight is 446 g/mol. The van der Waals surface area contributed by atoms with Gasteiger partial charge in [-0.3, -0.25) is 9.78 Å². The molecule has 2 aromatic rings. The van der Waals surface area contributed by atoms with E-state index >= 15 is 0 Å². The van der Waals surface area contributed by atoms with Gasteiger partial charge in [-0.2, -0.15) is 0 Å². The van der Waals surface area contributed by atoms with Crippen molar-refractivity contribution in [3.8, 4) is 0 Å². The Morgan fingerprint density at radius 3 is 2.52 bits per heavy atom. The molecule has 7 rings (SSSR count). The number of hydrogen-bond acceptors (Lipinski definition) is 6. The van der Waals surface area contributed by atoms with Crippen LogP contribution in [0.25, 0.3) is 0 Å². The lowest BCUT2D eigenvalue weighted by Gasteiger charge is -2.56. The normalized spacial score (nSPS) is 32.8. The van der Waals surface area contributed by atoms with Gasteiger partial charge < -0.3 is 16.4 Å². The maximum Gasteiger partial charge on any atom is 0.187 e. The molecule has 5 fully saturated rings. The first-order chi connectivity index (χ1) is 16.0. The van der Waals surface area contributed by atoms with Crippen molar-refractivity contribution in [1.29, 1.82) is 0 Å². The number of hydrogen-bond donors (Lipinski definition) is 2. The molecule has 3 heterocycles. The number of nitrogens with zero attached hydrogens (tertiary/aromatic N) is 3. The minimum absolute atomic E-state index is 0.0189. The third-order valence-electron chi connectivity index (χ3n) is 8.80. The number of ketones is 1. The summed E-state index contributed by atoms with van der Waals surface area (Å²) in [6.07, 6.45) is 13.8. The number of piperidine rings is 1. The highest BCUT2D eigenvalue weighted by molar-refractivity contribution is 6.00. The molecule has 1 aliphatic heterocycles. The summed E-state index contributed by atoms with van der Waals surface area (Å²) in [7, 11) is 0. The van der Waals surface area contributed by atoms with Crippen molar-refractivity contribution < 1.29 is 4.79 Å². The van der Waals surface area contributed by atoms with Crippen molar-refractivity contribution in [3.63, 3.8) is 0 Å². The van der Waals surface area contributed by atoms with Crippen molar-refractivity contribution in [2.75, 3.05) is 23.7 Å². The van der Waals surface area contributed by atoms with E-state index in [1.807, 2.05) is 18.3 Å². The first-order valence-electron chi connectivity index (χ1n) is 12.7. The van der Waals surface area contributed by atoms with Gasteiger partial charge in [0.15, 0.2) is 5.78 Å². The Morgan fingerprint density at radius 1 is 1.09 bits per heavy atom. The van der Waals surface area contributed by atoms with Crippen LogP contribution in [0.5, 0.6) is 0 Å². The molecule has 0 aromatic carbocycles. The number of carbonyl (C=O) groups is 1. The Bertz CT molecular complexity index is 1030. The van der Waals surface area contributed by atoms with Crippen LogP contribution in [0.4, 0.5) is 11.4 Å². The zero-order valence-corrected chi connectivity index (χ0v) is 19.4. The highest BCUT2D eigenvalue weighted by atomic mass is 16.1. The lowest BCUT2D eigenvalue weighted by Crippen LogP contribution is -2.49. The summed E-state index contributed by atoms with van der Waals surface area (Å²) in [5.41, 5.74) is 16.7. The summed E-state index contributed by atoms with van der Waals surface area (Å²) < 4.78 is 0. The quantitative estimate of drug-likeness (QED) is 0.678. The summed E-state index contributed by atoms with van der Waals surface area (Å²) in [5, 5.41) is 0. The molecular weight excluding hydrogens is 410 g/mol. The SMILES string of the molecule is Nc1ccc(C23CC4CC(CC(C4)C2)C3)nc1C(=O)Cc1cnccc1N1CCC[C@H](N)C1. The zero-order chi connectivity index (χ0) is 22.6. The number of aromatic nitrogens is 2. The van der Waals surface area contributed by atoms with Gasteiger partial charge in [-0.15, -0.1) is 0 Å². The van der Waals surface area contributed by atoms with Crippen LogP contribution in [0.15, 0.2) is 30.6 Å². The predicted octanol–water partition coefficient (Wildman–Crippen LogP) is 3.88. The van der Waals surface area contributed by atoms with Crippen LogP contribution in [0.2, 0.25) is 0 Å². The van der Waals surface area contributed by atoms with Crippen LogP contribution in [0, 0.1) is 17.8 Å². The summed E-state index contributed by atoms with van der Waals surface area (Å²) >= 11 is 0. The van der Waals surface area contributed by atoms with Crippen molar-refractivity contribution in [1.82, 2.24) is 9.97 Å². The van der Waals surface area contributed by atoms with Gasteiger partial charge in [0.2, 0.25) is 0 Å². The van der Waals surface area contributed by atoms with E-state index in [1.54, 1.807) is 6.20 Å². The molecule has 4 aliphatic carbocycles. The molecule has 2 aromatic heterocycles. The summed E-state index contributed by atoms with van der Waals surface area (Å²) in [5.74, 6) is 2.49. The number of pyridine rings is 2. The minimum atomic E-state index is -0.0189. The monoisotopic (exact) mass is 445 g/mol. The van der Waals surface area contributed by atoms with Crippen LogP contribution in [-0.2, 0) is 11.8 Å². The van der Waals surface area contributed by atoms with Gasteiger partial charge in [0.25, 0.3) is 0 Å². The second-order valence-electron chi connectivity index (χ2n) is 11.3. The highest BCUT2D eigenvalue weighted by Gasteiger charge is 2.52. The molecular formula is C27H35N5O. The van der Waals surface area contributed by atoms with E-state index in [-0.39, 0.29) is 23.7 Å². The summed E-state index contributed by atoms with van der Waals surface area (Å²) in [4.78, 5) is 25.1. The first-order valence-corrected chi connectivity index (χ1v) is 12.7. The maximum atomic E-state index is 13.5. The second-order valence-corrected chi connectivity index (χ2v) is 11.3. The molecule has 4 N–H and O–H groups in total. The fourth-order valence-electron chi connectivity index (χ4n) is 7.76. The van der Waals surface area contributed by atoms with Crippen molar-refractivity contribution in [2.45, 2.75) is 69.2 Å². The van der Waals surface area contributed by atoms with Crippen LogP contribution >= 0.6 is 0 Å². The molecule has 6 heteroatoms. The first kappa shape index (κ1) is 21.1. The third kappa shape index (κ3) is 3.82. The molecule has 0 amide bonds. The van der Waals surface area contributed by atoms with Gasteiger partial charge in [-0.25, -0.2) is 4.98 Å². The topological polar surface area (TPSA) is 98.1 Å². The molecule has 4 bridgehead atoms. The van der Waals surface area contributed by atoms with Crippen LogP contribution in [-0.4, -0.2) is 34.9 Å². The zero-order valence-electron chi connectivity index (χ0n) is 19.4. The van der Waals surface area contributed by atoms with Crippen LogP contribution < -0.4 is 16.4 Å². The average Bonchev–Trinajstić information content (AvgIpc) is 2.78. The minimum Gasteiger partial charge on any atom is -0.397 e. The van der Waals surface area contributed by atoms with Gasteiger partial charge in [0.05, 0.1) is 5.69 Å². The fourth-order valence-corrected chi connectivity index (χ4v) is 7.76. The van der Waals surface area contributed by atoms with E-state index in [0.29, 0.717) is 11.4 Å². The molecule has 174 valence electrons. The fraction of sp³-hybridized carbons (Fsp3) is 0.593. The molecule has 5 aliphatic rings. The van der Waals surface area contributed by atoms with Crippen molar-refractivity contribution in [3.05, 3.63) is 47.5 Å². The highest BCUT2D eigenvalue weighted by Crippen LogP contribution is 2.60. The molecule has 1 atom stereocenters. The van der Waals surface area contributed by atoms with Crippen molar-refractivity contribution in [2.24, 2.45) is 23.5 Å². The maximum absolute atomic E-state index is 13.5.